The Bertz CT molecular complexity index is 1120. The predicted octanol–water partition coefficient (Wildman–Crippen LogP) is 4.80. The van der Waals surface area contributed by atoms with Crippen LogP contribution in [0.15, 0.2) is 66.7 Å². The summed E-state index contributed by atoms with van der Waals surface area (Å²) in [6.07, 6.45) is -1.20. The summed E-state index contributed by atoms with van der Waals surface area (Å²) >= 11 is 0. The van der Waals surface area contributed by atoms with E-state index in [-0.39, 0.29) is 12.0 Å². The molecule has 158 valence electrons. The van der Waals surface area contributed by atoms with Crippen LogP contribution in [-0.4, -0.2) is 35.2 Å². The number of methoxy groups -OCH3 is 1. The number of amides is 1. The Balaban J connectivity index is 1.85. The molecule has 0 bridgehead atoms. The van der Waals surface area contributed by atoms with Gasteiger partial charge in [0.15, 0.2) is 0 Å². The SMILES string of the molecule is COC(=O)N(C1c2ccccc2-c2ccccc21)[C@H](Cc1ccc(F)cc1F)C(=O)O. The number of benzene rings is 3. The van der Waals surface area contributed by atoms with Gasteiger partial charge >= 0.3 is 12.1 Å². The number of carboxylic acid groups (broad SMARTS) is 1. The number of ether oxygens (including phenoxy) is 1. The van der Waals surface area contributed by atoms with Crippen LogP contribution in [0.2, 0.25) is 0 Å². The average Bonchev–Trinajstić information content (AvgIpc) is 3.09. The second-order valence-corrected chi connectivity index (χ2v) is 7.25. The van der Waals surface area contributed by atoms with Crippen molar-refractivity contribution in [1.82, 2.24) is 4.90 Å². The molecule has 0 saturated heterocycles. The molecule has 4 rings (SSSR count). The highest BCUT2D eigenvalue weighted by molar-refractivity contribution is 5.85. The summed E-state index contributed by atoms with van der Waals surface area (Å²) in [6, 6.07) is 15.6. The zero-order valence-corrected chi connectivity index (χ0v) is 16.6. The van der Waals surface area contributed by atoms with E-state index in [0.29, 0.717) is 6.07 Å². The highest BCUT2D eigenvalue weighted by Crippen LogP contribution is 2.47. The van der Waals surface area contributed by atoms with Gasteiger partial charge in [0.05, 0.1) is 13.2 Å². The molecule has 31 heavy (non-hydrogen) atoms. The van der Waals surface area contributed by atoms with Crippen LogP contribution in [0.4, 0.5) is 13.6 Å². The van der Waals surface area contributed by atoms with E-state index in [9.17, 15) is 23.5 Å². The Labute approximate surface area is 177 Å². The number of hydrogen-bond donors (Lipinski definition) is 1. The number of carbonyl (C=O) groups is 2. The normalized spacial score (nSPS) is 13.3. The molecule has 1 N–H and O–H groups in total. The standard InChI is InChI=1S/C24H19F2NO4/c1-31-24(30)27(21(23(28)29)12-14-10-11-15(25)13-20(14)26)22-18-8-4-2-6-16(18)17-7-3-5-9-19(17)22/h2-11,13,21-22H,12H2,1H3,(H,28,29)/t21-/m1/s1. The maximum atomic E-state index is 14.3. The molecule has 0 saturated carbocycles. The van der Waals surface area contributed by atoms with Crippen LogP contribution in [0.1, 0.15) is 22.7 Å². The predicted molar refractivity (Wildman–Crippen MR) is 109 cm³/mol. The van der Waals surface area contributed by atoms with Crippen LogP contribution in [0, 0.1) is 11.6 Å². The van der Waals surface area contributed by atoms with Crippen molar-refractivity contribution in [1.29, 1.82) is 0 Å². The van der Waals surface area contributed by atoms with Crippen LogP contribution < -0.4 is 0 Å². The summed E-state index contributed by atoms with van der Waals surface area (Å²) < 4.78 is 32.6. The lowest BCUT2D eigenvalue weighted by Crippen LogP contribution is -2.48. The highest BCUT2D eigenvalue weighted by Gasteiger charge is 2.42. The summed E-state index contributed by atoms with van der Waals surface area (Å²) in [5.74, 6) is -2.96. The molecule has 7 heteroatoms. The molecule has 1 aliphatic rings. The van der Waals surface area contributed by atoms with Gasteiger partial charge < -0.3 is 9.84 Å². The minimum absolute atomic E-state index is 0.0118. The van der Waals surface area contributed by atoms with Crippen LogP contribution in [0.3, 0.4) is 0 Å². The molecule has 0 fully saturated rings. The van der Waals surface area contributed by atoms with Crippen molar-refractivity contribution >= 4 is 12.1 Å². The third-order valence-corrected chi connectivity index (χ3v) is 5.51. The zero-order valence-electron chi connectivity index (χ0n) is 16.6. The number of rotatable bonds is 5. The minimum atomic E-state index is -1.45. The Morgan fingerprint density at radius 2 is 1.58 bits per heavy atom. The lowest BCUT2D eigenvalue weighted by molar-refractivity contribution is -0.143. The highest BCUT2D eigenvalue weighted by atomic mass is 19.1. The molecule has 3 aromatic rings. The van der Waals surface area contributed by atoms with Gasteiger partial charge in [0.2, 0.25) is 0 Å². The molecule has 1 amide bonds. The quantitative estimate of drug-likeness (QED) is 0.640. The zero-order chi connectivity index (χ0) is 22.1. The van der Waals surface area contributed by atoms with E-state index in [4.69, 9.17) is 4.74 Å². The topological polar surface area (TPSA) is 66.8 Å². The van der Waals surface area contributed by atoms with Crippen molar-refractivity contribution < 1.29 is 28.2 Å². The van der Waals surface area contributed by atoms with Gasteiger partial charge in [0.1, 0.15) is 17.7 Å². The third kappa shape index (κ3) is 3.63. The van der Waals surface area contributed by atoms with Crippen molar-refractivity contribution in [2.75, 3.05) is 7.11 Å². The fraction of sp³-hybridized carbons (Fsp3) is 0.167. The molecule has 1 aliphatic carbocycles. The number of aliphatic carboxylic acids is 1. The minimum Gasteiger partial charge on any atom is -0.480 e. The first-order valence-corrected chi connectivity index (χ1v) is 9.63. The smallest absolute Gasteiger partial charge is 0.411 e. The second kappa shape index (κ2) is 8.18. The Kier molecular flexibility index (Phi) is 5.42. The number of halogens is 2. The molecule has 0 spiro atoms. The molecule has 0 aromatic heterocycles. The van der Waals surface area contributed by atoms with Crippen LogP contribution in [0.25, 0.3) is 11.1 Å². The number of fused-ring (bicyclic) bond motifs is 3. The van der Waals surface area contributed by atoms with Gasteiger partial charge in [-0.25, -0.2) is 18.4 Å². The molecule has 3 aromatic carbocycles. The first-order valence-electron chi connectivity index (χ1n) is 9.63. The first-order chi connectivity index (χ1) is 14.9. The lowest BCUT2D eigenvalue weighted by Gasteiger charge is -2.34. The van der Waals surface area contributed by atoms with Crippen molar-refractivity contribution in [2.45, 2.75) is 18.5 Å². The molecular weight excluding hydrogens is 404 g/mol. The number of hydrogen-bond acceptors (Lipinski definition) is 3. The van der Waals surface area contributed by atoms with Crippen LogP contribution in [0.5, 0.6) is 0 Å². The van der Waals surface area contributed by atoms with E-state index in [2.05, 4.69) is 0 Å². The fourth-order valence-electron chi connectivity index (χ4n) is 4.15. The van der Waals surface area contributed by atoms with Gasteiger partial charge in [-0.05, 0) is 33.9 Å². The van der Waals surface area contributed by atoms with Gasteiger partial charge in [-0.3, -0.25) is 4.90 Å². The number of carboxylic acids is 1. The molecule has 0 heterocycles. The van der Waals surface area contributed by atoms with E-state index in [1.165, 1.54) is 13.2 Å². The third-order valence-electron chi connectivity index (χ3n) is 5.51. The van der Waals surface area contributed by atoms with Crippen molar-refractivity contribution in [2.24, 2.45) is 0 Å². The molecular formula is C24H19F2NO4. The molecule has 0 aliphatic heterocycles. The van der Waals surface area contributed by atoms with Crippen molar-refractivity contribution in [3.05, 3.63) is 95.1 Å². The number of carbonyl (C=O) groups excluding carboxylic acids is 1. The molecule has 1 atom stereocenters. The Hall–Kier alpha value is -3.74. The van der Waals surface area contributed by atoms with E-state index >= 15 is 0 Å². The second-order valence-electron chi connectivity index (χ2n) is 7.25. The van der Waals surface area contributed by atoms with E-state index in [0.717, 1.165) is 33.2 Å². The van der Waals surface area contributed by atoms with Gasteiger partial charge in [0, 0.05) is 12.5 Å². The van der Waals surface area contributed by atoms with E-state index in [1.54, 1.807) is 0 Å². The number of nitrogens with zero attached hydrogens (tertiary/aromatic N) is 1. The summed E-state index contributed by atoms with van der Waals surface area (Å²) in [5.41, 5.74) is 3.25. The van der Waals surface area contributed by atoms with Crippen LogP contribution >= 0.6 is 0 Å². The van der Waals surface area contributed by atoms with Gasteiger partial charge in [0.25, 0.3) is 0 Å². The molecule has 0 radical (unpaired) electrons. The average molecular weight is 423 g/mol. The largest absolute Gasteiger partial charge is 0.480 e. The van der Waals surface area contributed by atoms with E-state index in [1.807, 2.05) is 48.5 Å². The summed E-state index contributed by atoms with van der Waals surface area (Å²) in [5, 5.41) is 10.0. The summed E-state index contributed by atoms with van der Waals surface area (Å²) in [4.78, 5) is 26.3. The summed E-state index contributed by atoms with van der Waals surface area (Å²) in [6.45, 7) is 0. The first kappa shape index (κ1) is 20.5. The molecule has 5 nitrogen and oxygen atoms in total. The maximum absolute atomic E-state index is 14.3. The fourth-order valence-corrected chi connectivity index (χ4v) is 4.15. The Morgan fingerprint density at radius 3 is 2.10 bits per heavy atom. The summed E-state index contributed by atoms with van der Waals surface area (Å²) in [7, 11) is 1.17. The van der Waals surface area contributed by atoms with Crippen molar-refractivity contribution in [3.8, 4) is 11.1 Å². The monoisotopic (exact) mass is 423 g/mol. The maximum Gasteiger partial charge on any atom is 0.411 e. The van der Waals surface area contributed by atoms with Gasteiger partial charge in [-0.1, -0.05) is 54.6 Å². The van der Waals surface area contributed by atoms with E-state index < -0.39 is 35.8 Å². The molecule has 0 unspecified atom stereocenters. The van der Waals surface area contributed by atoms with Crippen molar-refractivity contribution in [3.63, 3.8) is 0 Å². The van der Waals surface area contributed by atoms with Gasteiger partial charge in [-0.2, -0.15) is 0 Å². The van der Waals surface area contributed by atoms with Crippen LogP contribution in [-0.2, 0) is 16.0 Å². The Morgan fingerprint density at radius 1 is 1.00 bits per heavy atom. The van der Waals surface area contributed by atoms with Gasteiger partial charge in [-0.15, -0.1) is 0 Å². The lowest BCUT2D eigenvalue weighted by atomic mass is 9.98.